The molecule has 1 aromatic heterocycles. The molecule has 1 aliphatic rings. The fourth-order valence-corrected chi connectivity index (χ4v) is 4.06. The first-order valence-corrected chi connectivity index (χ1v) is 11.0. The summed E-state index contributed by atoms with van der Waals surface area (Å²) in [6.45, 7) is 2.73. The van der Waals surface area contributed by atoms with Gasteiger partial charge in [-0.3, -0.25) is 4.79 Å². The largest absolute Gasteiger partial charge is 0.319 e. The van der Waals surface area contributed by atoms with Crippen LogP contribution in [0.1, 0.15) is 41.0 Å². The molecule has 29 heavy (non-hydrogen) atoms. The van der Waals surface area contributed by atoms with E-state index in [-0.39, 0.29) is 11.6 Å². The molecule has 0 atom stereocenters. The summed E-state index contributed by atoms with van der Waals surface area (Å²) in [5.74, 6) is 0.890. The van der Waals surface area contributed by atoms with E-state index in [0.29, 0.717) is 5.56 Å². The van der Waals surface area contributed by atoms with Crippen LogP contribution in [-0.4, -0.2) is 26.9 Å². The first kappa shape index (κ1) is 19.6. The van der Waals surface area contributed by atoms with Crippen LogP contribution in [0, 0.1) is 12.7 Å². The predicted molar refractivity (Wildman–Crippen MR) is 114 cm³/mol. The highest BCUT2D eigenvalue weighted by molar-refractivity contribution is 7.98. The molecule has 4 rings (SSSR count). The Labute approximate surface area is 173 Å². The highest BCUT2D eigenvalue weighted by Gasteiger charge is 2.18. The van der Waals surface area contributed by atoms with Crippen LogP contribution in [-0.2, 0) is 13.0 Å². The second kappa shape index (κ2) is 8.37. The Kier molecular flexibility index (Phi) is 5.67. The molecule has 1 N–H and O–H groups in total. The molecule has 0 fully saturated rings. The fourth-order valence-electron chi connectivity index (χ4n) is 3.62. The summed E-state index contributed by atoms with van der Waals surface area (Å²) in [5, 5.41) is 11.4. The van der Waals surface area contributed by atoms with Crippen LogP contribution in [0.3, 0.4) is 0 Å². The van der Waals surface area contributed by atoms with Crippen LogP contribution in [0.25, 0.3) is 11.4 Å². The Bertz CT molecular complexity index is 1060. The lowest BCUT2D eigenvalue weighted by Crippen LogP contribution is -2.14. The number of nitrogens with one attached hydrogen (secondary N) is 1. The van der Waals surface area contributed by atoms with E-state index < -0.39 is 5.82 Å². The summed E-state index contributed by atoms with van der Waals surface area (Å²) in [5.41, 5.74) is 2.28. The number of hydrogen-bond donors (Lipinski definition) is 1. The molecule has 0 spiro atoms. The zero-order valence-corrected chi connectivity index (χ0v) is 17.4. The van der Waals surface area contributed by atoms with E-state index in [1.165, 1.54) is 12.5 Å². The molecule has 0 unspecified atom stereocenters. The summed E-state index contributed by atoms with van der Waals surface area (Å²) in [6, 6.07) is 10.4. The van der Waals surface area contributed by atoms with Crippen molar-refractivity contribution in [3.05, 3.63) is 59.2 Å². The lowest BCUT2D eigenvalue weighted by molar-refractivity contribution is 0.102. The average Bonchev–Trinajstić information content (AvgIpc) is 2.98. The second-order valence-electron chi connectivity index (χ2n) is 7.23. The smallest absolute Gasteiger partial charge is 0.256 e. The Hall–Kier alpha value is -2.67. The summed E-state index contributed by atoms with van der Waals surface area (Å²) < 4.78 is 16.6. The molecule has 5 nitrogen and oxygen atoms in total. The number of anilines is 1. The molecule has 0 saturated carbocycles. The SMILES string of the molecule is CSc1ccc(C)c(C(=O)Nc2cc(-c3nnc4n3CCCCC4)ccc2F)c1. The van der Waals surface area contributed by atoms with E-state index in [2.05, 4.69) is 20.1 Å². The lowest BCUT2D eigenvalue weighted by Gasteiger charge is -2.12. The molecular weight excluding hydrogens is 387 g/mol. The molecule has 1 aliphatic heterocycles. The standard InChI is InChI=1S/C22H23FN4OS/c1-14-7-9-16(29-2)13-17(14)22(28)24-19-12-15(8-10-18(19)23)21-26-25-20-6-4-3-5-11-27(20)21/h7-10,12-13H,3-6,11H2,1-2H3,(H,24,28). The van der Waals surface area contributed by atoms with Crippen molar-refractivity contribution in [1.82, 2.24) is 14.8 Å². The Morgan fingerprint density at radius 2 is 2.00 bits per heavy atom. The van der Waals surface area contributed by atoms with Gasteiger partial charge in [0.2, 0.25) is 0 Å². The van der Waals surface area contributed by atoms with E-state index in [0.717, 1.165) is 53.5 Å². The Balaban J connectivity index is 1.65. The third-order valence-electron chi connectivity index (χ3n) is 5.27. The van der Waals surface area contributed by atoms with Crippen molar-refractivity contribution in [2.45, 2.75) is 44.0 Å². The van der Waals surface area contributed by atoms with E-state index in [9.17, 15) is 9.18 Å². The van der Waals surface area contributed by atoms with Crippen LogP contribution < -0.4 is 5.32 Å². The first-order valence-electron chi connectivity index (χ1n) is 9.75. The van der Waals surface area contributed by atoms with Gasteiger partial charge in [-0.25, -0.2) is 4.39 Å². The zero-order valence-electron chi connectivity index (χ0n) is 16.5. The van der Waals surface area contributed by atoms with Crippen molar-refractivity contribution in [2.24, 2.45) is 0 Å². The lowest BCUT2D eigenvalue weighted by atomic mass is 10.1. The van der Waals surface area contributed by atoms with Crippen molar-refractivity contribution >= 4 is 23.4 Å². The minimum atomic E-state index is -0.476. The average molecular weight is 411 g/mol. The number of aromatic nitrogens is 3. The number of fused-ring (bicyclic) bond motifs is 1. The number of hydrogen-bond acceptors (Lipinski definition) is 4. The molecule has 3 aromatic rings. The van der Waals surface area contributed by atoms with Gasteiger partial charge in [0.05, 0.1) is 5.69 Å². The molecule has 150 valence electrons. The molecule has 0 saturated heterocycles. The number of carbonyl (C=O) groups excluding carboxylic acids is 1. The molecule has 0 bridgehead atoms. The second-order valence-corrected chi connectivity index (χ2v) is 8.11. The number of thioether (sulfide) groups is 1. The third kappa shape index (κ3) is 4.05. The minimum Gasteiger partial charge on any atom is -0.319 e. The fraction of sp³-hybridized carbons (Fsp3) is 0.318. The summed E-state index contributed by atoms with van der Waals surface area (Å²) in [6.07, 6.45) is 6.22. The van der Waals surface area contributed by atoms with Crippen molar-refractivity contribution in [1.29, 1.82) is 0 Å². The molecule has 7 heteroatoms. The van der Waals surface area contributed by atoms with Gasteiger partial charge in [-0.15, -0.1) is 22.0 Å². The first-order chi connectivity index (χ1) is 14.1. The highest BCUT2D eigenvalue weighted by Crippen LogP contribution is 2.27. The maximum absolute atomic E-state index is 14.5. The maximum Gasteiger partial charge on any atom is 0.256 e. The molecule has 0 radical (unpaired) electrons. The molecule has 1 amide bonds. The van der Waals surface area contributed by atoms with E-state index >= 15 is 0 Å². The number of rotatable bonds is 4. The van der Waals surface area contributed by atoms with Crippen LogP contribution in [0.5, 0.6) is 0 Å². The highest BCUT2D eigenvalue weighted by atomic mass is 32.2. The number of halogens is 1. The monoisotopic (exact) mass is 410 g/mol. The predicted octanol–water partition coefficient (Wildman–Crippen LogP) is 5.09. The number of nitrogens with zero attached hydrogens (tertiary/aromatic N) is 3. The third-order valence-corrected chi connectivity index (χ3v) is 6.00. The summed E-state index contributed by atoms with van der Waals surface area (Å²) in [7, 11) is 0. The van der Waals surface area contributed by atoms with Crippen LogP contribution in [0.2, 0.25) is 0 Å². The van der Waals surface area contributed by atoms with Gasteiger partial charge in [0.15, 0.2) is 5.82 Å². The molecular formula is C22H23FN4OS. The molecule has 2 aromatic carbocycles. The minimum absolute atomic E-state index is 0.146. The summed E-state index contributed by atoms with van der Waals surface area (Å²) in [4.78, 5) is 13.8. The number of benzene rings is 2. The van der Waals surface area contributed by atoms with Crippen molar-refractivity contribution in [3.63, 3.8) is 0 Å². The van der Waals surface area contributed by atoms with Crippen LogP contribution in [0.15, 0.2) is 41.3 Å². The van der Waals surface area contributed by atoms with Gasteiger partial charge < -0.3 is 9.88 Å². The summed E-state index contributed by atoms with van der Waals surface area (Å²) >= 11 is 1.56. The molecule has 2 heterocycles. The van der Waals surface area contributed by atoms with E-state index in [4.69, 9.17) is 0 Å². The normalized spacial score (nSPS) is 13.6. The van der Waals surface area contributed by atoms with Gasteiger partial charge in [-0.2, -0.15) is 0 Å². The topological polar surface area (TPSA) is 59.8 Å². The van der Waals surface area contributed by atoms with Gasteiger partial charge in [0.1, 0.15) is 11.6 Å². The van der Waals surface area contributed by atoms with Crippen molar-refractivity contribution in [3.8, 4) is 11.4 Å². The van der Waals surface area contributed by atoms with Gasteiger partial charge in [0, 0.05) is 29.0 Å². The van der Waals surface area contributed by atoms with Gasteiger partial charge >= 0.3 is 0 Å². The Morgan fingerprint density at radius 1 is 1.14 bits per heavy atom. The van der Waals surface area contributed by atoms with E-state index in [1.54, 1.807) is 23.9 Å². The van der Waals surface area contributed by atoms with Gasteiger partial charge in [-0.05, 0) is 61.9 Å². The van der Waals surface area contributed by atoms with Gasteiger partial charge in [-0.1, -0.05) is 12.5 Å². The van der Waals surface area contributed by atoms with Crippen molar-refractivity contribution < 1.29 is 9.18 Å². The number of carbonyl (C=O) groups is 1. The van der Waals surface area contributed by atoms with Gasteiger partial charge in [0.25, 0.3) is 5.91 Å². The number of aryl methyl sites for hydroxylation is 2. The van der Waals surface area contributed by atoms with E-state index in [1.807, 2.05) is 31.4 Å². The zero-order chi connectivity index (χ0) is 20.4. The number of amides is 1. The van der Waals surface area contributed by atoms with Crippen molar-refractivity contribution in [2.75, 3.05) is 11.6 Å². The maximum atomic E-state index is 14.5. The molecule has 0 aliphatic carbocycles. The van der Waals surface area contributed by atoms with Crippen LogP contribution in [0.4, 0.5) is 10.1 Å². The van der Waals surface area contributed by atoms with Crippen LogP contribution >= 0.6 is 11.8 Å². The quantitative estimate of drug-likeness (QED) is 0.609. The Morgan fingerprint density at radius 3 is 2.83 bits per heavy atom.